The number of sulfonamides is 1. The highest BCUT2D eigenvalue weighted by Gasteiger charge is 2.74. The van der Waals surface area contributed by atoms with Crippen molar-refractivity contribution in [3.05, 3.63) is 24.3 Å². The Balaban J connectivity index is 1.81. The number of nitrogens with one attached hydrogen (secondary N) is 1. The first kappa shape index (κ1) is 13.4. The number of ether oxygens (including phenoxy) is 1. The van der Waals surface area contributed by atoms with Crippen LogP contribution in [0.3, 0.4) is 0 Å². The van der Waals surface area contributed by atoms with Crippen molar-refractivity contribution in [1.29, 1.82) is 0 Å². The van der Waals surface area contributed by atoms with Crippen molar-refractivity contribution in [1.82, 2.24) is 4.31 Å². The fourth-order valence-electron chi connectivity index (χ4n) is 2.83. The minimum Gasteiger partial charge on any atom is -0.497 e. The molecule has 1 heterocycles. The van der Waals surface area contributed by atoms with E-state index in [1.54, 1.807) is 31.4 Å². The second kappa shape index (κ2) is 4.20. The van der Waals surface area contributed by atoms with Crippen LogP contribution in [0.15, 0.2) is 24.3 Å². The van der Waals surface area contributed by atoms with Crippen LogP contribution in [-0.4, -0.2) is 44.1 Å². The number of methoxy groups -OCH3 is 1. The molecular weight excluding hydrogens is 280 g/mol. The maximum absolute atomic E-state index is 12.3. The Kier molecular flexibility index (Phi) is 2.81. The van der Waals surface area contributed by atoms with Crippen molar-refractivity contribution in [2.24, 2.45) is 5.92 Å². The van der Waals surface area contributed by atoms with Gasteiger partial charge in [0.1, 0.15) is 5.75 Å². The first-order valence-electron chi connectivity index (χ1n) is 6.33. The van der Waals surface area contributed by atoms with Gasteiger partial charge in [0.25, 0.3) is 0 Å². The van der Waals surface area contributed by atoms with Gasteiger partial charge in [0.15, 0.2) is 4.75 Å². The molecule has 0 aromatic heterocycles. The van der Waals surface area contributed by atoms with Crippen molar-refractivity contribution in [3.8, 4) is 5.75 Å². The molecule has 1 aliphatic carbocycles. The van der Waals surface area contributed by atoms with Crippen LogP contribution < -0.4 is 10.1 Å². The molecule has 6 nitrogen and oxygen atoms in total. The lowest BCUT2D eigenvalue weighted by Crippen LogP contribution is -2.40. The Bertz CT molecular complexity index is 655. The molecule has 20 heavy (non-hydrogen) atoms. The molecule has 0 radical (unpaired) electrons. The van der Waals surface area contributed by atoms with Gasteiger partial charge in [-0.3, -0.25) is 4.79 Å². The summed E-state index contributed by atoms with van der Waals surface area (Å²) in [4.78, 5) is 12.3. The molecular formula is C13H16N2O4S. The lowest BCUT2D eigenvalue weighted by Gasteiger charge is -2.17. The predicted molar refractivity (Wildman–Crippen MR) is 74.0 cm³/mol. The molecule has 1 amide bonds. The van der Waals surface area contributed by atoms with Gasteiger partial charge in [0, 0.05) is 25.2 Å². The number of nitrogens with zero attached hydrogens (tertiary/aromatic N) is 1. The average molecular weight is 296 g/mol. The van der Waals surface area contributed by atoms with Gasteiger partial charge in [0.2, 0.25) is 15.9 Å². The monoisotopic (exact) mass is 296 g/mol. The molecule has 2 atom stereocenters. The second-order valence-electron chi connectivity index (χ2n) is 5.26. The average Bonchev–Trinajstić information content (AvgIpc) is 3.11. The molecule has 1 N–H and O–H groups in total. The van der Waals surface area contributed by atoms with E-state index in [9.17, 15) is 13.2 Å². The first-order valence-corrected chi connectivity index (χ1v) is 7.77. The summed E-state index contributed by atoms with van der Waals surface area (Å²) in [6.07, 6.45) is 0.418. The molecule has 0 unspecified atom stereocenters. The van der Waals surface area contributed by atoms with E-state index in [1.165, 1.54) is 11.4 Å². The number of amides is 1. The number of anilines is 1. The molecule has 0 spiro atoms. The smallest absolute Gasteiger partial charge is 0.247 e. The highest BCUT2D eigenvalue weighted by Crippen LogP contribution is 2.57. The van der Waals surface area contributed by atoms with Gasteiger partial charge in [-0.05, 0) is 30.7 Å². The summed E-state index contributed by atoms with van der Waals surface area (Å²) in [5.74, 6) is 0.159. The minimum absolute atomic E-state index is 0.0873. The van der Waals surface area contributed by atoms with Crippen LogP contribution in [0.4, 0.5) is 5.69 Å². The predicted octanol–water partition coefficient (Wildman–Crippen LogP) is 0.668. The maximum atomic E-state index is 12.3. The van der Waals surface area contributed by atoms with E-state index >= 15 is 0 Å². The molecule has 1 saturated carbocycles. The molecule has 1 saturated heterocycles. The number of hydrogen-bond donors (Lipinski definition) is 1. The third-order valence-corrected chi connectivity index (χ3v) is 6.71. The number of carbonyl (C=O) groups is 1. The summed E-state index contributed by atoms with van der Waals surface area (Å²) in [6, 6.07) is 6.81. The summed E-state index contributed by atoms with van der Waals surface area (Å²) in [5, 5.41) is 2.69. The SMILES string of the molecule is COc1ccc(NC(=O)[C@]23C[C@H]2CN(C)S3(=O)=O)cc1. The van der Waals surface area contributed by atoms with Crippen LogP contribution in [0.2, 0.25) is 0 Å². The lowest BCUT2D eigenvalue weighted by molar-refractivity contribution is -0.116. The molecule has 3 rings (SSSR count). The van der Waals surface area contributed by atoms with Crippen LogP contribution in [0, 0.1) is 5.92 Å². The third kappa shape index (κ3) is 1.66. The van der Waals surface area contributed by atoms with Crippen molar-refractivity contribution in [3.63, 3.8) is 0 Å². The number of fused-ring (bicyclic) bond motifs is 1. The van der Waals surface area contributed by atoms with Crippen molar-refractivity contribution < 1.29 is 17.9 Å². The van der Waals surface area contributed by atoms with E-state index in [-0.39, 0.29) is 5.92 Å². The number of carbonyl (C=O) groups excluding carboxylic acids is 1. The fraction of sp³-hybridized carbons (Fsp3) is 0.462. The molecule has 1 aliphatic heterocycles. The highest BCUT2D eigenvalue weighted by molar-refractivity contribution is 7.92. The van der Waals surface area contributed by atoms with Gasteiger partial charge in [-0.1, -0.05) is 0 Å². The molecule has 1 aromatic carbocycles. The van der Waals surface area contributed by atoms with E-state index in [0.29, 0.717) is 24.4 Å². The molecule has 2 fully saturated rings. The van der Waals surface area contributed by atoms with Gasteiger partial charge in [-0.25, -0.2) is 12.7 Å². The van der Waals surface area contributed by atoms with Crippen molar-refractivity contribution in [2.75, 3.05) is 26.0 Å². The largest absolute Gasteiger partial charge is 0.497 e. The van der Waals surface area contributed by atoms with Gasteiger partial charge in [-0.2, -0.15) is 0 Å². The van der Waals surface area contributed by atoms with E-state index in [1.807, 2.05) is 0 Å². The summed E-state index contributed by atoms with van der Waals surface area (Å²) in [6.45, 7) is 0.429. The molecule has 1 aromatic rings. The molecule has 0 bridgehead atoms. The second-order valence-corrected chi connectivity index (χ2v) is 7.56. The van der Waals surface area contributed by atoms with E-state index in [2.05, 4.69) is 5.32 Å². The summed E-state index contributed by atoms with van der Waals surface area (Å²) < 4.78 is 29.5. The summed E-state index contributed by atoms with van der Waals surface area (Å²) in [5.41, 5.74) is 0.570. The number of hydrogen-bond acceptors (Lipinski definition) is 4. The maximum Gasteiger partial charge on any atom is 0.247 e. The summed E-state index contributed by atoms with van der Waals surface area (Å²) in [7, 11) is -0.451. The third-order valence-electron chi connectivity index (χ3n) is 4.13. The number of benzene rings is 1. The topological polar surface area (TPSA) is 75.7 Å². The van der Waals surface area contributed by atoms with Crippen LogP contribution in [0.5, 0.6) is 5.75 Å². The quantitative estimate of drug-likeness (QED) is 0.889. The zero-order chi connectivity index (χ0) is 14.5. The molecule has 108 valence electrons. The zero-order valence-corrected chi connectivity index (χ0v) is 12.1. The normalized spacial score (nSPS) is 30.6. The highest BCUT2D eigenvalue weighted by atomic mass is 32.2. The Morgan fingerprint density at radius 3 is 2.55 bits per heavy atom. The van der Waals surface area contributed by atoms with Gasteiger partial charge in [0.05, 0.1) is 7.11 Å². The van der Waals surface area contributed by atoms with Gasteiger partial charge < -0.3 is 10.1 Å². The Morgan fingerprint density at radius 2 is 2.05 bits per heavy atom. The first-order chi connectivity index (χ1) is 9.41. The zero-order valence-electron chi connectivity index (χ0n) is 11.3. The number of rotatable bonds is 3. The van der Waals surface area contributed by atoms with Gasteiger partial charge in [-0.15, -0.1) is 0 Å². The molecule has 7 heteroatoms. The fourth-order valence-corrected chi connectivity index (χ4v) is 4.95. The van der Waals surface area contributed by atoms with Crippen LogP contribution in [-0.2, 0) is 14.8 Å². The minimum atomic E-state index is -3.53. The Labute approximate surface area is 117 Å². The summed E-state index contributed by atoms with van der Waals surface area (Å²) >= 11 is 0. The standard InChI is InChI=1S/C13H16N2O4S/c1-15-8-9-7-13(9,20(15,17)18)12(16)14-10-3-5-11(19-2)6-4-10/h3-6,9H,7-8H2,1-2H3,(H,14,16)/t9-,13-/m0/s1. The Morgan fingerprint density at radius 1 is 1.40 bits per heavy atom. The van der Waals surface area contributed by atoms with Crippen LogP contribution >= 0.6 is 0 Å². The van der Waals surface area contributed by atoms with E-state index in [4.69, 9.17) is 4.74 Å². The van der Waals surface area contributed by atoms with Crippen molar-refractivity contribution >= 4 is 21.6 Å². The Hall–Kier alpha value is -1.60. The van der Waals surface area contributed by atoms with E-state index in [0.717, 1.165) is 0 Å². The van der Waals surface area contributed by atoms with Crippen LogP contribution in [0.25, 0.3) is 0 Å². The lowest BCUT2D eigenvalue weighted by atomic mass is 10.2. The van der Waals surface area contributed by atoms with E-state index < -0.39 is 20.7 Å². The van der Waals surface area contributed by atoms with Gasteiger partial charge >= 0.3 is 0 Å². The van der Waals surface area contributed by atoms with Crippen LogP contribution in [0.1, 0.15) is 6.42 Å². The molecule has 2 aliphatic rings. The van der Waals surface area contributed by atoms with Crippen molar-refractivity contribution in [2.45, 2.75) is 11.2 Å².